The van der Waals surface area contributed by atoms with Gasteiger partial charge in [0.2, 0.25) is 0 Å². The Morgan fingerprint density at radius 3 is 2.95 bits per heavy atom. The molecule has 0 aliphatic heterocycles. The molecule has 1 aromatic carbocycles. The maximum atomic E-state index is 12.0. The number of H-pyrrole nitrogens is 1. The lowest BCUT2D eigenvalue weighted by Crippen LogP contribution is -2.20. The van der Waals surface area contributed by atoms with Crippen LogP contribution in [0.1, 0.15) is 16.3 Å². The minimum Gasteiger partial charge on any atom is -0.508 e. The van der Waals surface area contributed by atoms with Crippen molar-refractivity contribution >= 4 is 23.4 Å². The third kappa shape index (κ3) is 3.61. The van der Waals surface area contributed by atoms with Gasteiger partial charge >= 0.3 is 0 Å². The van der Waals surface area contributed by atoms with E-state index in [4.69, 9.17) is 0 Å². The third-order valence-corrected chi connectivity index (χ3v) is 2.97. The highest BCUT2D eigenvalue weighted by Gasteiger charge is 2.10. The molecule has 1 heterocycles. The van der Waals surface area contributed by atoms with Crippen molar-refractivity contribution in [2.24, 2.45) is 0 Å². The number of nitrogens with zero attached hydrogens (tertiary/aromatic N) is 1. The van der Waals surface area contributed by atoms with E-state index in [1.165, 1.54) is 23.9 Å². The lowest BCUT2D eigenvalue weighted by atomic mass is 10.3. The number of phenolic OH excluding ortho intramolecular Hbond substituents is 1. The van der Waals surface area contributed by atoms with Crippen LogP contribution in [0.25, 0.3) is 0 Å². The molecule has 2 aromatic rings. The number of aromatic hydroxyl groups is 1. The van der Waals surface area contributed by atoms with Gasteiger partial charge in [0, 0.05) is 17.8 Å². The number of carbonyl (C=O) groups is 1. The van der Waals surface area contributed by atoms with Gasteiger partial charge in [0.25, 0.3) is 11.5 Å². The van der Waals surface area contributed by atoms with Crippen molar-refractivity contribution in [3.05, 3.63) is 52.2 Å². The van der Waals surface area contributed by atoms with Crippen LogP contribution in [0.2, 0.25) is 0 Å². The molecule has 6 nitrogen and oxygen atoms in total. The highest BCUT2D eigenvalue weighted by molar-refractivity contribution is 7.97. The lowest BCUT2D eigenvalue weighted by molar-refractivity contribution is 0.102. The smallest absolute Gasteiger partial charge is 0.274 e. The minimum absolute atomic E-state index is 0.0427. The number of benzene rings is 1. The SMILES string of the molecule is CSCc1nc(C(=O)Nc2cccc(O)c2)cc(=O)[nH]1. The fourth-order valence-electron chi connectivity index (χ4n) is 1.61. The number of hydrogen-bond donors (Lipinski definition) is 3. The largest absolute Gasteiger partial charge is 0.508 e. The van der Waals surface area contributed by atoms with Crippen LogP contribution < -0.4 is 10.9 Å². The van der Waals surface area contributed by atoms with Gasteiger partial charge in [-0.3, -0.25) is 9.59 Å². The first-order valence-electron chi connectivity index (χ1n) is 5.78. The Morgan fingerprint density at radius 2 is 2.25 bits per heavy atom. The van der Waals surface area contributed by atoms with E-state index in [0.717, 1.165) is 6.07 Å². The van der Waals surface area contributed by atoms with Crippen molar-refractivity contribution in [1.82, 2.24) is 9.97 Å². The van der Waals surface area contributed by atoms with Crippen LogP contribution >= 0.6 is 11.8 Å². The summed E-state index contributed by atoms with van der Waals surface area (Å²) in [6, 6.07) is 7.29. The van der Waals surface area contributed by atoms with E-state index in [1.54, 1.807) is 12.1 Å². The molecular weight excluding hydrogens is 278 g/mol. The predicted octanol–water partition coefficient (Wildman–Crippen LogP) is 1.59. The van der Waals surface area contributed by atoms with E-state index in [-0.39, 0.29) is 17.0 Å². The average molecular weight is 291 g/mol. The molecule has 1 amide bonds. The lowest BCUT2D eigenvalue weighted by Gasteiger charge is -2.06. The Morgan fingerprint density at radius 1 is 1.45 bits per heavy atom. The van der Waals surface area contributed by atoms with Crippen molar-refractivity contribution in [1.29, 1.82) is 0 Å². The van der Waals surface area contributed by atoms with Gasteiger partial charge in [-0.05, 0) is 18.4 Å². The first kappa shape index (κ1) is 14.1. The molecule has 2 rings (SSSR count). The zero-order valence-corrected chi connectivity index (χ0v) is 11.5. The van der Waals surface area contributed by atoms with E-state index >= 15 is 0 Å². The second kappa shape index (κ2) is 6.25. The monoisotopic (exact) mass is 291 g/mol. The summed E-state index contributed by atoms with van der Waals surface area (Å²) in [7, 11) is 0. The molecule has 1 aromatic heterocycles. The van der Waals surface area contributed by atoms with E-state index in [2.05, 4.69) is 15.3 Å². The fraction of sp³-hybridized carbons (Fsp3) is 0.154. The molecule has 0 radical (unpaired) electrons. The average Bonchev–Trinajstić information content (AvgIpc) is 2.38. The molecule has 7 heteroatoms. The highest BCUT2D eigenvalue weighted by Crippen LogP contribution is 2.15. The Kier molecular flexibility index (Phi) is 4.41. The zero-order chi connectivity index (χ0) is 14.5. The molecule has 0 aliphatic carbocycles. The molecular formula is C13H13N3O3S. The van der Waals surface area contributed by atoms with Crippen molar-refractivity contribution in [2.75, 3.05) is 11.6 Å². The maximum Gasteiger partial charge on any atom is 0.274 e. The van der Waals surface area contributed by atoms with Gasteiger partial charge in [-0.2, -0.15) is 11.8 Å². The Balaban J connectivity index is 2.22. The summed E-state index contributed by atoms with van der Waals surface area (Å²) in [6.07, 6.45) is 1.87. The van der Waals surface area contributed by atoms with Crippen LogP contribution in [0.4, 0.5) is 5.69 Å². The number of carbonyl (C=O) groups excluding carboxylic acids is 1. The number of anilines is 1. The van der Waals surface area contributed by atoms with Crippen molar-refractivity contribution in [2.45, 2.75) is 5.75 Å². The second-order valence-corrected chi connectivity index (χ2v) is 4.88. The van der Waals surface area contributed by atoms with Gasteiger partial charge in [-0.15, -0.1) is 0 Å². The summed E-state index contributed by atoms with van der Waals surface area (Å²) in [4.78, 5) is 30.2. The van der Waals surface area contributed by atoms with E-state index in [0.29, 0.717) is 17.3 Å². The van der Waals surface area contributed by atoms with Crippen LogP contribution in [0, 0.1) is 0 Å². The van der Waals surface area contributed by atoms with Crippen molar-refractivity contribution in [3.63, 3.8) is 0 Å². The Labute approximate surface area is 119 Å². The number of hydrogen-bond acceptors (Lipinski definition) is 5. The van der Waals surface area contributed by atoms with Crippen LogP contribution in [-0.4, -0.2) is 27.2 Å². The summed E-state index contributed by atoms with van der Waals surface area (Å²) in [5.74, 6) is 0.516. The summed E-state index contributed by atoms with van der Waals surface area (Å²) in [5, 5.41) is 11.9. The summed E-state index contributed by atoms with van der Waals surface area (Å²) in [5.41, 5.74) is 0.106. The molecule has 3 N–H and O–H groups in total. The molecule has 0 bridgehead atoms. The number of rotatable bonds is 4. The van der Waals surface area contributed by atoms with Crippen molar-refractivity contribution in [3.8, 4) is 5.75 Å². The minimum atomic E-state index is -0.496. The molecule has 0 aliphatic rings. The highest BCUT2D eigenvalue weighted by atomic mass is 32.2. The normalized spacial score (nSPS) is 10.2. The Hall–Kier alpha value is -2.28. The Bertz CT molecular complexity index is 685. The summed E-state index contributed by atoms with van der Waals surface area (Å²) >= 11 is 1.49. The van der Waals surface area contributed by atoms with Crippen LogP contribution in [0.3, 0.4) is 0 Å². The molecule has 0 atom stereocenters. The number of thioether (sulfide) groups is 1. The maximum absolute atomic E-state index is 12.0. The number of phenols is 1. The molecule has 0 unspecified atom stereocenters. The van der Waals surface area contributed by atoms with E-state index in [9.17, 15) is 14.7 Å². The van der Waals surface area contributed by atoms with Gasteiger partial charge in [0.05, 0.1) is 5.75 Å². The second-order valence-electron chi connectivity index (χ2n) is 4.01. The van der Waals surface area contributed by atoms with Crippen LogP contribution in [0.5, 0.6) is 5.75 Å². The third-order valence-electron chi connectivity index (χ3n) is 2.41. The topological polar surface area (TPSA) is 95.1 Å². The molecule has 0 saturated carbocycles. The van der Waals surface area contributed by atoms with E-state index < -0.39 is 5.91 Å². The van der Waals surface area contributed by atoms with E-state index in [1.807, 2.05) is 6.26 Å². The van der Waals surface area contributed by atoms with Gasteiger partial charge in [-0.25, -0.2) is 4.98 Å². The van der Waals surface area contributed by atoms with Crippen LogP contribution in [-0.2, 0) is 5.75 Å². The predicted molar refractivity (Wildman–Crippen MR) is 78.1 cm³/mol. The number of aromatic nitrogens is 2. The summed E-state index contributed by atoms with van der Waals surface area (Å²) in [6.45, 7) is 0. The molecule has 0 saturated heterocycles. The first-order valence-corrected chi connectivity index (χ1v) is 7.17. The van der Waals surface area contributed by atoms with Gasteiger partial charge in [0.1, 0.15) is 17.3 Å². The first-order chi connectivity index (χ1) is 9.58. The van der Waals surface area contributed by atoms with Gasteiger partial charge in [-0.1, -0.05) is 6.07 Å². The van der Waals surface area contributed by atoms with Crippen molar-refractivity contribution < 1.29 is 9.90 Å². The zero-order valence-electron chi connectivity index (χ0n) is 10.7. The fourth-order valence-corrected chi connectivity index (χ4v) is 2.02. The quantitative estimate of drug-likeness (QED) is 0.795. The molecule has 0 spiro atoms. The number of amides is 1. The van der Waals surface area contributed by atoms with Gasteiger partial charge < -0.3 is 15.4 Å². The van der Waals surface area contributed by atoms with Crippen LogP contribution in [0.15, 0.2) is 35.1 Å². The van der Waals surface area contributed by atoms with Gasteiger partial charge in [0.15, 0.2) is 0 Å². The molecule has 104 valence electrons. The standard InChI is InChI=1S/C13H13N3O3S/c1-20-7-11-15-10(6-12(18)16-11)13(19)14-8-3-2-4-9(17)5-8/h2-6,17H,7H2,1H3,(H,14,19)(H,15,16,18). The number of nitrogens with one attached hydrogen (secondary N) is 2. The summed E-state index contributed by atoms with van der Waals surface area (Å²) < 4.78 is 0. The number of aromatic amines is 1. The molecule has 0 fully saturated rings. The molecule has 20 heavy (non-hydrogen) atoms.